The summed E-state index contributed by atoms with van der Waals surface area (Å²) >= 11 is 0. The number of carbonyl (C=O) groups is 1. The summed E-state index contributed by atoms with van der Waals surface area (Å²) in [7, 11) is 0. The molecule has 0 aromatic heterocycles. The van der Waals surface area contributed by atoms with E-state index in [2.05, 4.69) is 30.6 Å². The molecular weight excluding hydrogens is 264 g/mol. The van der Waals surface area contributed by atoms with Crippen LogP contribution in [0.5, 0.6) is 0 Å². The molecule has 0 aromatic rings. The minimum absolute atomic E-state index is 0.316. The largest absolute Gasteiger partial charge is 0.479 e. The Kier molecular flexibility index (Phi) is 13.5. The molecule has 0 spiro atoms. The molecule has 0 aliphatic carbocycles. The van der Waals surface area contributed by atoms with E-state index in [0.717, 1.165) is 25.7 Å². The minimum atomic E-state index is -1.23. The third-order valence-electron chi connectivity index (χ3n) is 2.92. The van der Waals surface area contributed by atoms with Gasteiger partial charge in [0.2, 0.25) is 0 Å². The van der Waals surface area contributed by atoms with Crippen molar-refractivity contribution in [2.24, 2.45) is 0 Å². The van der Waals surface area contributed by atoms with Crippen LogP contribution in [0.15, 0.2) is 12.2 Å². The number of unbranched alkanes of at least 4 members (excludes halogenated alkanes) is 6. The zero-order valence-corrected chi connectivity index (χ0v) is 12.9. The Hall–Kier alpha value is -1.71. The fourth-order valence-corrected chi connectivity index (χ4v) is 1.66. The number of carboxylic acid groups (broad SMARTS) is 1. The van der Waals surface area contributed by atoms with Crippen LogP contribution in [0.2, 0.25) is 0 Å². The van der Waals surface area contributed by atoms with Gasteiger partial charge in [0, 0.05) is 12.8 Å². The highest BCUT2D eigenvalue weighted by molar-refractivity contribution is 5.71. The van der Waals surface area contributed by atoms with Gasteiger partial charge in [-0.25, -0.2) is 4.79 Å². The molecule has 3 nitrogen and oxygen atoms in total. The van der Waals surface area contributed by atoms with Crippen molar-refractivity contribution in [3.05, 3.63) is 12.2 Å². The lowest BCUT2D eigenvalue weighted by molar-refractivity contribution is -0.146. The summed E-state index contributed by atoms with van der Waals surface area (Å²) < 4.78 is 0. The summed E-state index contributed by atoms with van der Waals surface area (Å²) in [5, 5.41) is 17.6. The molecule has 116 valence electrons. The normalized spacial score (nSPS) is 11.3. The van der Waals surface area contributed by atoms with Crippen LogP contribution in [-0.2, 0) is 4.79 Å². The number of carboxylic acids is 1. The molecule has 0 aromatic carbocycles. The van der Waals surface area contributed by atoms with Gasteiger partial charge in [-0.05, 0) is 31.4 Å². The highest BCUT2D eigenvalue weighted by Gasteiger charge is 2.11. The second-order valence-corrected chi connectivity index (χ2v) is 4.89. The van der Waals surface area contributed by atoms with Crippen LogP contribution in [0.3, 0.4) is 0 Å². The number of aliphatic hydroxyl groups excluding tert-OH is 1. The van der Waals surface area contributed by atoms with Gasteiger partial charge in [-0.1, -0.05) is 56.3 Å². The lowest BCUT2D eigenvalue weighted by Gasteiger charge is -2.03. The Morgan fingerprint density at radius 3 is 2.10 bits per heavy atom. The molecule has 2 N–H and O–H groups in total. The maximum atomic E-state index is 10.4. The highest BCUT2D eigenvalue weighted by Crippen LogP contribution is 2.05. The lowest BCUT2D eigenvalue weighted by atomic mass is 10.1. The number of hydrogen-bond acceptors (Lipinski definition) is 2. The zero-order valence-electron chi connectivity index (χ0n) is 12.9. The van der Waals surface area contributed by atoms with Gasteiger partial charge >= 0.3 is 5.97 Å². The molecule has 0 radical (unpaired) electrons. The van der Waals surface area contributed by atoms with E-state index >= 15 is 0 Å². The second-order valence-electron chi connectivity index (χ2n) is 4.89. The smallest absolute Gasteiger partial charge is 0.332 e. The molecule has 0 amide bonds. The van der Waals surface area contributed by atoms with Crippen molar-refractivity contribution in [3.63, 3.8) is 0 Å². The molecule has 0 rings (SSSR count). The molecule has 1 atom stereocenters. The molecule has 0 saturated heterocycles. The van der Waals surface area contributed by atoms with E-state index in [1.807, 2.05) is 0 Å². The molecule has 0 aliphatic heterocycles. The van der Waals surface area contributed by atoms with Crippen LogP contribution in [-0.4, -0.2) is 22.3 Å². The third-order valence-corrected chi connectivity index (χ3v) is 2.92. The molecule has 0 fully saturated rings. The first-order chi connectivity index (χ1) is 10.2. The van der Waals surface area contributed by atoms with Crippen molar-refractivity contribution in [2.45, 2.75) is 70.8 Å². The van der Waals surface area contributed by atoms with E-state index in [9.17, 15) is 4.79 Å². The number of aliphatic carboxylic acids is 1. The maximum Gasteiger partial charge on any atom is 0.332 e. The van der Waals surface area contributed by atoms with Crippen LogP contribution in [0.1, 0.15) is 64.7 Å². The number of rotatable bonds is 9. The standard InChI is InChI=1S/C18H26O3/c1-2-3-4-5-6-7-8-9-10-11-12-13-14-15-16-17(19)18(20)21/h8-9,17,19H,2-5,12-16H2,1H3,(H,20,21)/b9-8-. The van der Waals surface area contributed by atoms with Gasteiger partial charge in [-0.15, -0.1) is 0 Å². The summed E-state index contributed by atoms with van der Waals surface area (Å²) in [6.07, 6.45) is 10.5. The average molecular weight is 290 g/mol. The first-order valence-corrected chi connectivity index (χ1v) is 7.71. The zero-order chi connectivity index (χ0) is 15.8. The van der Waals surface area contributed by atoms with Crippen molar-refractivity contribution in [1.29, 1.82) is 0 Å². The maximum absolute atomic E-state index is 10.4. The average Bonchev–Trinajstić information content (AvgIpc) is 2.47. The number of hydrogen-bond donors (Lipinski definition) is 2. The number of aliphatic hydroxyl groups is 1. The quantitative estimate of drug-likeness (QED) is 0.504. The fourth-order valence-electron chi connectivity index (χ4n) is 1.66. The van der Waals surface area contributed by atoms with E-state index in [0.29, 0.717) is 12.8 Å². The highest BCUT2D eigenvalue weighted by atomic mass is 16.4. The van der Waals surface area contributed by atoms with Crippen LogP contribution in [0, 0.1) is 23.7 Å². The molecule has 21 heavy (non-hydrogen) atoms. The molecule has 0 saturated carbocycles. The van der Waals surface area contributed by atoms with E-state index in [1.54, 1.807) is 12.2 Å². The second kappa shape index (κ2) is 14.7. The summed E-state index contributed by atoms with van der Waals surface area (Å²) in [6.45, 7) is 2.18. The van der Waals surface area contributed by atoms with Crippen LogP contribution in [0.25, 0.3) is 0 Å². The van der Waals surface area contributed by atoms with Crippen molar-refractivity contribution in [3.8, 4) is 23.7 Å². The molecule has 0 heterocycles. The van der Waals surface area contributed by atoms with Gasteiger partial charge in [0.15, 0.2) is 6.10 Å². The van der Waals surface area contributed by atoms with Gasteiger partial charge in [0.1, 0.15) is 0 Å². The van der Waals surface area contributed by atoms with Gasteiger partial charge in [0.05, 0.1) is 0 Å². The van der Waals surface area contributed by atoms with Gasteiger partial charge < -0.3 is 10.2 Å². The van der Waals surface area contributed by atoms with E-state index in [-0.39, 0.29) is 0 Å². The number of allylic oxidation sites excluding steroid dienone is 2. The third kappa shape index (κ3) is 14.5. The van der Waals surface area contributed by atoms with Crippen molar-refractivity contribution in [2.75, 3.05) is 0 Å². The Balaban J connectivity index is 3.51. The topological polar surface area (TPSA) is 57.5 Å². The lowest BCUT2D eigenvalue weighted by Crippen LogP contribution is -2.18. The van der Waals surface area contributed by atoms with E-state index in [4.69, 9.17) is 10.2 Å². The first-order valence-electron chi connectivity index (χ1n) is 7.71. The Bertz CT molecular complexity index is 415. The summed E-state index contributed by atoms with van der Waals surface area (Å²) in [5.74, 6) is 10.9. The predicted molar refractivity (Wildman–Crippen MR) is 85.6 cm³/mol. The Morgan fingerprint density at radius 2 is 1.57 bits per heavy atom. The molecule has 1 unspecified atom stereocenters. The monoisotopic (exact) mass is 290 g/mol. The van der Waals surface area contributed by atoms with Crippen molar-refractivity contribution >= 4 is 5.97 Å². The van der Waals surface area contributed by atoms with Gasteiger partial charge in [0.25, 0.3) is 0 Å². The summed E-state index contributed by atoms with van der Waals surface area (Å²) in [6, 6.07) is 0. The first kappa shape index (κ1) is 19.3. The fraction of sp³-hybridized carbons (Fsp3) is 0.611. The van der Waals surface area contributed by atoms with E-state index < -0.39 is 12.1 Å². The van der Waals surface area contributed by atoms with Crippen LogP contribution in [0.4, 0.5) is 0 Å². The predicted octanol–water partition coefficient (Wildman–Crippen LogP) is 3.53. The summed E-state index contributed by atoms with van der Waals surface area (Å²) in [4.78, 5) is 10.4. The van der Waals surface area contributed by atoms with Crippen LogP contribution >= 0.6 is 0 Å². The summed E-state index contributed by atoms with van der Waals surface area (Å²) in [5.41, 5.74) is 0. The Labute approximate surface area is 128 Å². The van der Waals surface area contributed by atoms with Crippen LogP contribution < -0.4 is 0 Å². The van der Waals surface area contributed by atoms with E-state index in [1.165, 1.54) is 19.3 Å². The molecule has 0 bridgehead atoms. The SMILES string of the molecule is CCCCCC#C/C=C\C#CCCCCCC(O)C(=O)O. The molecular formula is C18H26O3. The van der Waals surface area contributed by atoms with Gasteiger partial charge in [-0.2, -0.15) is 0 Å². The minimum Gasteiger partial charge on any atom is -0.479 e. The van der Waals surface area contributed by atoms with Gasteiger partial charge in [-0.3, -0.25) is 0 Å². The van der Waals surface area contributed by atoms with Crippen molar-refractivity contribution in [1.82, 2.24) is 0 Å². The van der Waals surface area contributed by atoms with Crippen molar-refractivity contribution < 1.29 is 15.0 Å². The Morgan fingerprint density at radius 1 is 1.00 bits per heavy atom. The molecule has 3 heteroatoms. The molecule has 0 aliphatic rings.